The van der Waals surface area contributed by atoms with Gasteiger partial charge in [0.25, 0.3) is 5.56 Å². The highest BCUT2D eigenvalue weighted by Gasteiger charge is 2.16. The lowest BCUT2D eigenvalue weighted by molar-refractivity contribution is 0.605. The lowest BCUT2D eigenvalue weighted by Gasteiger charge is -2.22. The molecule has 0 bridgehead atoms. The van der Waals surface area contributed by atoms with Crippen LogP contribution in [-0.4, -0.2) is 28.3 Å². The number of para-hydroxylation sites is 1. The Morgan fingerprint density at radius 3 is 2.88 bits per heavy atom. The van der Waals surface area contributed by atoms with Crippen LogP contribution in [0.3, 0.4) is 0 Å². The van der Waals surface area contributed by atoms with Crippen LogP contribution in [0.4, 0.5) is 11.5 Å². The summed E-state index contributed by atoms with van der Waals surface area (Å²) >= 11 is 0. The average Bonchev–Trinajstić information content (AvgIpc) is 2.87. The van der Waals surface area contributed by atoms with Crippen molar-refractivity contribution in [3.63, 3.8) is 0 Å². The molecule has 3 rings (SSSR count). The first-order valence-corrected chi connectivity index (χ1v) is 8.68. The van der Waals surface area contributed by atoms with Crippen molar-refractivity contribution in [2.45, 2.75) is 31.8 Å². The van der Waals surface area contributed by atoms with Crippen LogP contribution >= 0.6 is 0 Å². The van der Waals surface area contributed by atoms with E-state index in [1.807, 2.05) is 24.3 Å². The fourth-order valence-corrected chi connectivity index (χ4v) is 3.14. The summed E-state index contributed by atoms with van der Waals surface area (Å²) in [6.07, 6.45) is 3.26. The minimum absolute atomic E-state index is 0.188. The molecular weight excluding hydrogens is 318 g/mol. The number of anilines is 2. The summed E-state index contributed by atoms with van der Waals surface area (Å²) in [7, 11) is 1.49. The van der Waals surface area contributed by atoms with Crippen LogP contribution in [0.2, 0.25) is 0 Å². The van der Waals surface area contributed by atoms with Gasteiger partial charge in [0, 0.05) is 31.4 Å². The molecule has 7 nitrogen and oxygen atoms in total. The van der Waals surface area contributed by atoms with Gasteiger partial charge >= 0.3 is 5.69 Å². The third kappa shape index (κ3) is 3.93. The number of nitrogens with zero attached hydrogens (tertiary/aromatic N) is 2. The Morgan fingerprint density at radius 1 is 1.28 bits per heavy atom. The van der Waals surface area contributed by atoms with E-state index in [2.05, 4.69) is 10.6 Å². The molecular formula is C18H25N5O2. The van der Waals surface area contributed by atoms with Gasteiger partial charge in [-0.25, -0.2) is 4.79 Å². The second kappa shape index (κ2) is 7.57. The lowest BCUT2D eigenvalue weighted by Crippen LogP contribution is -2.41. The van der Waals surface area contributed by atoms with Gasteiger partial charge in [-0.05, 0) is 31.0 Å². The highest BCUT2D eigenvalue weighted by atomic mass is 16.2. The van der Waals surface area contributed by atoms with Gasteiger partial charge in [0.1, 0.15) is 5.82 Å². The predicted octanol–water partition coefficient (Wildman–Crippen LogP) is 0.732. The zero-order valence-electron chi connectivity index (χ0n) is 14.5. The molecule has 0 saturated carbocycles. The molecule has 0 amide bonds. The molecule has 0 radical (unpaired) electrons. The summed E-state index contributed by atoms with van der Waals surface area (Å²) in [6.45, 7) is 2.14. The Labute approximate surface area is 146 Å². The number of hydrogen-bond acceptors (Lipinski definition) is 5. The molecule has 1 aliphatic rings. The van der Waals surface area contributed by atoms with Gasteiger partial charge in [-0.3, -0.25) is 13.9 Å². The molecule has 0 aliphatic carbocycles. The van der Waals surface area contributed by atoms with Gasteiger partial charge in [-0.2, -0.15) is 0 Å². The van der Waals surface area contributed by atoms with Crippen LogP contribution in [0.15, 0.2) is 39.9 Å². The maximum Gasteiger partial charge on any atom is 0.332 e. The second-order valence-electron chi connectivity index (χ2n) is 6.54. The Kier molecular flexibility index (Phi) is 5.23. The van der Waals surface area contributed by atoms with Gasteiger partial charge in [0.15, 0.2) is 0 Å². The second-order valence-corrected chi connectivity index (χ2v) is 6.54. The minimum atomic E-state index is -0.347. The van der Waals surface area contributed by atoms with Gasteiger partial charge in [0.2, 0.25) is 0 Å². The zero-order chi connectivity index (χ0) is 17.8. The van der Waals surface area contributed by atoms with E-state index in [1.54, 1.807) is 4.57 Å². The molecule has 1 unspecified atom stereocenters. The molecule has 1 aliphatic heterocycles. The maximum absolute atomic E-state index is 12.7. The van der Waals surface area contributed by atoms with E-state index in [4.69, 9.17) is 5.73 Å². The molecule has 1 saturated heterocycles. The first-order valence-electron chi connectivity index (χ1n) is 8.68. The maximum atomic E-state index is 12.7. The zero-order valence-corrected chi connectivity index (χ0v) is 14.5. The van der Waals surface area contributed by atoms with Crippen molar-refractivity contribution in [2.75, 3.05) is 24.1 Å². The standard InChI is InChI=1S/C18H25N5O2/c1-22-17(24)10-16(21-14-7-4-5-9-20-11-14)23(18(22)25)12-13-6-2-3-8-15(13)19/h2-3,6,8,10,14,20-21H,4-5,7,9,11-12,19H2,1H3. The van der Waals surface area contributed by atoms with E-state index in [0.717, 1.165) is 42.5 Å². The molecule has 1 atom stereocenters. The smallest absolute Gasteiger partial charge is 0.332 e. The fourth-order valence-electron chi connectivity index (χ4n) is 3.14. The van der Waals surface area contributed by atoms with E-state index in [1.165, 1.54) is 13.1 Å². The van der Waals surface area contributed by atoms with Crippen molar-refractivity contribution in [3.8, 4) is 0 Å². The van der Waals surface area contributed by atoms with Crippen LogP contribution in [0.5, 0.6) is 0 Å². The van der Waals surface area contributed by atoms with Gasteiger partial charge < -0.3 is 16.4 Å². The molecule has 1 aromatic heterocycles. The Morgan fingerprint density at radius 2 is 2.08 bits per heavy atom. The minimum Gasteiger partial charge on any atom is -0.398 e. The lowest BCUT2D eigenvalue weighted by atomic mass is 10.1. The van der Waals surface area contributed by atoms with E-state index in [0.29, 0.717) is 18.1 Å². The molecule has 1 aromatic carbocycles. The normalized spacial score (nSPS) is 17.9. The summed E-state index contributed by atoms with van der Waals surface area (Å²) in [5, 5.41) is 6.77. The number of benzene rings is 1. The molecule has 1 fully saturated rings. The van der Waals surface area contributed by atoms with E-state index in [-0.39, 0.29) is 17.3 Å². The SMILES string of the molecule is Cn1c(=O)cc(NC2CCCCNC2)n(Cc2ccccc2N)c1=O. The third-order valence-electron chi connectivity index (χ3n) is 4.68. The molecule has 25 heavy (non-hydrogen) atoms. The summed E-state index contributed by atoms with van der Waals surface area (Å²) in [5.41, 5.74) is 6.85. The van der Waals surface area contributed by atoms with Crippen LogP contribution in [0.1, 0.15) is 24.8 Å². The third-order valence-corrected chi connectivity index (χ3v) is 4.68. The number of nitrogens with two attached hydrogens (primary N) is 1. The largest absolute Gasteiger partial charge is 0.398 e. The van der Waals surface area contributed by atoms with E-state index < -0.39 is 0 Å². The van der Waals surface area contributed by atoms with Crippen molar-refractivity contribution in [3.05, 3.63) is 56.7 Å². The Bertz CT molecular complexity index is 847. The predicted molar refractivity (Wildman–Crippen MR) is 100 cm³/mol. The number of nitrogens with one attached hydrogen (secondary N) is 2. The summed E-state index contributed by atoms with van der Waals surface area (Å²) in [4.78, 5) is 24.8. The van der Waals surface area contributed by atoms with Crippen molar-refractivity contribution in [1.29, 1.82) is 0 Å². The van der Waals surface area contributed by atoms with Crippen LogP contribution in [-0.2, 0) is 13.6 Å². The first kappa shape index (κ1) is 17.3. The van der Waals surface area contributed by atoms with Crippen molar-refractivity contribution in [2.24, 2.45) is 7.05 Å². The monoisotopic (exact) mass is 343 g/mol. The topological polar surface area (TPSA) is 94.1 Å². The summed E-state index contributed by atoms with van der Waals surface area (Å²) in [5.74, 6) is 0.546. The molecule has 0 spiro atoms. The quantitative estimate of drug-likeness (QED) is 0.712. The van der Waals surface area contributed by atoms with Gasteiger partial charge in [-0.1, -0.05) is 24.6 Å². The number of nitrogen functional groups attached to an aromatic ring is 1. The number of rotatable bonds is 4. The molecule has 2 heterocycles. The average molecular weight is 343 g/mol. The van der Waals surface area contributed by atoms with Crippen LogP contribution < -0.4 is 27.6 Å². The highest BCUT2D eigenvalue weighted by Crippen LogP contribution is 2.15. The van der Waals surface area contributed by atoms with Gasteiger partial charge in [0.05, 0.1) is 6.54 Å². The summed E-state index contributed by atoms with van der Waals surface area (Å²) < 4.78 is 2.70. The van der Waals surface area contributed by atoms with Crippen molar-refractivity contribution in [1.82, 2.24) is 14.5 Å². The molecule has 7 heteroatoms. The molecule has 134 valence electrons. The molecule has 2 aromatic rings. The van der Waals surface area contributed by atoms with Crippen molar-refractivity contribution >= 4 is 11.5 Å². The van der Waals surface area contributed by atoms with E-state index in [9.17, 15) is 9.59 Å². The molecule has 4 N–H and O–H groups in total. The first-order chi connectivity index (χ1) is 12.1. The van der Waals surface area contributed by atoms with Gasteiger partial charge in [-0.15, -0.1) is 0 Å². The Balaban J connectivity index is 1.97. The van der Waals surface area contributed by atoms with Crippen LogP contribution in [0.25, 0.3) is 0 Å². The summed E-state index contributed by atoms with van der Waals surface area (Å²) in [6, 6.07) is 9.13. The van der Waals surface area contributed by atoms with Crippen LogP contribution in [0, 0.1) is 0 Å². The number of aromatic nitrogens is 2. The Hall–Kier alpha value is -2.54. The number of hydrogen-bond donors (Lipinski definition) is 3. The highest BCUT2D eigenvalue weighted by molar-refractivity contribution is 5.47. The van der Waals surface area contributed by atoms with Crippen molar-refractivity contribution < 1.29 is 0 Å². The van der Waals surface area contributed by atoms with E-state index >= 15 is 0 Å². The fraction of sp³-hybridized carbons (Fsp3) is 0.444.